The summed E-state index contributed by atoms with van der Waals surface area (Å²) in [5.41, 5.74) is 1.78. The van der Waals surface area contributed by atoms with E-state index in [1.165, 1.54) is 11.3 Å². The summed E-state index contributed by atoms with van der Waals surface area (Å²) in [6.45, 7) is 2.67. The minimum absolute atomic E-state index is 0.0487. The van der Waals surface area contributed by atoms with Crippen LogP contribution in [0.4, 0.5) is 0 Å². The van der Waals surface area contributed by atoms with Crippen LogP contribution in [0.5, 0.6) is 5.75 Å². The Bertz CT molecular complexity index is 631. The van der Waals surface area contributed by atoms with Crippen molar-refractivity contribution in [1.29, 1.82) is 0 Å². The minimum Gasteiger partial charge on any atom is -0.492 e. The molecule has 0 unspecified atom stereocenters. The number of hydrogen-bond donors (Lipinski definition) is 0. The van der Waals surface area contributed by atoms with Gasteiger partial charge in [0.1, 0.15) is 5.75 Å². The van der Waals surface area contributed by atoms with Gasteiger partial charge < -0.3 is 4.74 Å². The summed E-state index contributed by atoms with van der Waals surface area (Å²) in [7, 11) is 0. The van der Waals surface area contributed by atoms with Gasteiger partial charge in [-0.05, 0) is 36.8 Å². The second-order valence-corrected chi connectivity index (χ2v) is 6.48. The molecule has 4 heteroatoms. The third kappa shape index (κ3) is 1.99. The predicted molar refractivity (Wildman–Crippen MR) is 75.8 cm³/mol. The van der Waals surface area contributed by atoms with E-state index in [0.717, 1.165) is 32.0 Å². The number of carbonyl (C=O) groups is 1. The number of aryl methyl sites for hydroxylation is 1. The van der Waals surface area contributed by atoms with Crippen LogP contribution in [0.2, 0.25) is 0 Å². The van der Waals surface area contributed by atoms with E-state index in [9.17, 15) is 4.79 Å². The van der Waals surface area contributed by atoms with Crippen LogP contribution in [-0.4, -0.2) is 12.4 Å². The van der Waals surface area contributed by atoms with Gasteiger partial charge in [-0.2, -0.15) is 0 Å². The lowest BCUT2D eigenvalue weighted by molar-refractivity contribution is 0.103. The van der Waals surface area contributed by atoms with Crippen molar-refractivity contribution in [3.63, 3.8) is 0 Å². The zero-order valence-electron chi connectivity index (χ0n) is 9.83. The molecule has 0 amide bonds. The molecule has 0 saturated heterocycles. The number of ether oxygens (including phenoxy) is 1. The number of rotatable bonds is 2. The fraction of sp³-hybridized carbons (Fsp3) is 0.214. The molecule has 1 aromatic heterocycles. The predicted octanol–water partition coefficient (Wildman–Crippen LogP) is 3.98. The molecule has 2 heterocycles. The smallest absolute Gasteiger partial charge is 0.206 e. The van der Waals surface area contributed by atoms with Crippen molar-refractivity contribution in [2.24, 2.45) is 0 Å². The maximum Gasteiger partial charge on any atom is 0.206 e. The van der Waals surface area contributed by atoms with Crippen molar-refractivity contribution in [2.45, 2.75) is 13.3 Å². The lowest BCUT2D eigenvalue weighted by Crippen LogP contribution is -2.02. The molecule has 0 spiro atoms. The number of carbonyl (C=O) groups excluding carboxylic acids is 1. The summed E-state index contributed by atoms with van der Waals surface area (Å²) >= 11 is 4.98. The molecule has 1 aliphatic heterocycles. The summed E-state index contributed by atoms with van der Waals surface area (Å²) in [6.07, 6.45) is 0.874. The quantitative estimate of drug-likeness (QED) is 0.781. The Hall–Kier alpha value is -1.13. The number of fused-ring (bicyclic) bond motifs is 1. The number of halogens is 1. The Morgan fingerprint density at radius 3 is 2.94 bits per heavy atom. The molecule has 0 N–H and O–H groups in total. The Morgan fingerprint density at radius 1 is 1.39 bits per heavy atom. The lowest BCUT2D eigenvalue weighted by Gasteiger charge is -2.07. The monoisotopic (exact) mass is 322 g/mol. The SMILES string of the molecule is Cc1ccc(C(=O)c2cc(Br)cc3c2OCC3)s1. The normalized spacial score (nSPS) is 13.2. The Labute approximate surface area is 118 Å². The van der Waals surface area contributed by atoms with Crippen molar-refractivity contribution in [1.82, 2.24) is 0 Å². The highest BCUT2D eigenvalue weighted by atomic mass is 79.9. The number of hydrogen-bond acceptors (Lipinski definition) is 3. The lowest BCUT2D eigenvalue weighted by atomic mass is 10.0. The van der Waals surface area contributed by atoms with Crippen LogP contribution in [0, 0.1) is 6.92 Å². The van der Waals surface area contributed by atoms with Gasteiger partial charge >= 0.3 is 0 Å². The molecule has 92 valence electrons. The van der Waals surface area contributed by atoms with Crippen molar-refractivity contribution in [3.8, 4) is 5.75 Å². The minimum atomic E-state index is 0.0487. The van der Waals surface area contributed by atoms with E-state index in [2.05, 4.69) is 15.9 Å². The topological polar surface area (TPSA) is 26.3 Å². The van der Waals surface area contributed by atoms with E-state index in [1.54, 1.807) is 0 Å². The highest BCUT2D eigenvalue weighted by Gasteiger charge is 2.23. The fourth-order valence-electron chi connectivity index (χ4n) is 2.13. The van der Waals surface area contributed by atoms with Crippen molar-refractivity contribution in [2.75, 3.05) is 6.61 Å². The molecular formula is C14H11BrO2S. The van der Waals surface area contributed by atoms with Gasteiger partial charge in [0, 0.05) is 15.8 Å². The van der Waals surface area contributed by atoms with Gasteiger partial charge in [-0.15, -0.1) is 11.3 Å². The van der Waals surface area contributed by atoms with Gasteiger partial charge in [-0.25, -0.2) is 0 Å². The van der Waals surface area contributed by atoms with E-state index in [0.29, 0.717) is 12.2 Å². The first-order chi connectivity index (χ1) is 8.65. The van der Waals surface area contributed by atoms with Crippen LogP contribution < -0.4 is 4.74 Å². The van der Waals surface area contributed by atoms with Gasteiger partial charge in [0.15, 0.2) is 0 Å². The maximum absolute atomic E-state index is 12.5. The van der Waals surface area contributed by atoms with Gasteiger partial charge in [-0.1, -0.05) is 15.9 Å². The average Bonchev–Trinajstić information content (AvgIpc) is 2.95. The Balaban J connectivity index is 2.10. The number of thiophene rings is 1. The van der Waals surface area contributed by atoms with Crippen LogP contribution in [0.25, 0.3) is 0 Å². The summed E-state index contributed by atoms with van der Waals surface area (Å²) < 4.78 is 6.53. The number of benzene rings is 1. The van der Waals surface area contributed by atoms with Crippen LogP contribution in [0.15, 0.2) is 28.7 Å². The molecule has 0 atom stereocenters. The second kappa shape index (κ2) is 4.52. The van der Waals surface area contributed by atoms with E-state index in [4.69, 9.17) is 4.74 Å². The average molecular weight is 323 g/mol. The van der Waals surface area contributed by atoms with Crippen LogP contribution >= 0.6 is 27.3 Å². The highest BCUT2D eigenvalue weighted by molar-refractivity contribution is 9.10. The third-order valence-electron chi connectivity index (χ3n) is 2.96. The molecular weight excluding hydrogens is 312 g/mol. The molecule has 1 aromatic carbocycles. The molecule has 0 aliphatic carbocycles. The molecule has 3 rings (SSSR count). The summed E-state index contributed by atoms with van der Waals surface area (Å²) in [4.78, 5) is 14.4. The molecule has 2 aromatic rings. The Kier molecular flexibility index (Phi) is 2.99. The van der Waals surface area contributed by atoms with Crippen molar-refractivity contribution >= 4 is 33.0 Å². The van der Waals surface area contributed by atoms with Crippen LogP contribution in [0.3, 0.4) is 0 Å². The zero-order valence-corrected chi connectivity index (χ0v) is 12.2. The van der Waals surface area contributed by atoms with Gasteiger partial charge in [0.05, 0.1) is 17.0 Å². The van der Waals surface area contributed by atoms with Gasteiger partial charge in [0.25, 0.3) is 0 Å². The van der Waals surface area contributed by atoms with Gasteiger partial charge in [0.2, 0.25) is 5.78 Å². The zero-order chi connectivity index (χ0) is 12.7. The van der Waals surface area contributed by atoms with E-state index >= 15 is 0 Å². The maximum atomic E-state index is 12.5. The fourth-order valence-corrected chi connectivity index (χ4v) is 3.45. The van der Waals surface area contributed by atoms with Crippen molar-refractivity contribution < 1.29 is 9.53 Å². The second-order valence-electron chi connectivity index (χ2n) is 4.28. The first-order valence-corrected chi connectivity index (χ1v) is 7.32. The summed E-state index contributed by atoms with van der Waals surface area (Å²) in [5.74, 6) is 0.807. The molecule has 2 nitrogen and oxygen atoms in total. The molecule has 0 bridgehead atoms. The van der Waals surface area contributed by atoms with Crippen molar-refractivity contribution in [3.05, 3.63) is 49.6 Å². The van der Waals surface area contributed by atoms with Crippen LogP contribution in [-0.2, 0) is 6.42 Å². The largest absolute Gasteiger partial charge is 0.492 e. The molecule has 0 saturated carbocycles. The van der Waals surface area contributed by atoms with E-state index in [1.807, 2.05) is 31.2 Å². The third-order valence-corrected chi connectivity index (χ3v) is 4.41. The Morgan fingerprint density at radius 2 is 2.22 bits per heavy atom. The molecule has 0 radical (unpaired) electrons. The molecule has 18 heavy (non-hydrogen) atoms. The van der Waals surface area contributed by atoms with E-state index < -0.39 is 0 Å². The summed E-state index contributed by atoms with van der Waals surface area (Å²) in [5, 5.41) is 0. The first-order valence-electron chi connectivity index (χ1n) is 5.71. The molecule has 0 fully saturated rings. The summed E-state index contributed by atoms with van der Waals surface area (Å²) in [6, 6.07) is 7.72. The van der Waals surface area contributed by atoms with Gasteiger partial charge in [-0.3, -0.25) is 4.79 Å². The number of ketones is 1. The molecule has 1 aliphatic rings. The van der Waals surface area contributed by atoms with E-state index in [-0.39, 0.29) is 5.78 Å². The van der Waals surface area contributed by atoms with Crippen LogP contribution in [0.1, 0.15) is 25.7 Å². The first kappa shape index (κ1) is 11.9. The highest BCUT2D eigenvalue weighted by Crippen LogP contribution is 2.35. The standard InChI is InChI=1S/C14H11BrO2S/c1-8-2-3-12(18-8)13(16)11-7-10(15)6-9-4-5-17-14(9)11/h2-3,6-7H,4-5H2,1H3.